The molecule has 19 heavy (non-hydrogen) atoms. The first-order valence-corrected chi connectivity index (χ1v) is 6.91. The molecule has 0 saturated heterocycles. The van der Waals surface area contributed by atoms with Gasteiger partial charge in [0.2, 0.25) is 0 Å². The fraction of sp³-hybridized carbons (Fsp3) is 0.294. The Balaban J connectivity index is 2.37. The average Bonchev–Trinajstić information content (AvgIpc) is 2.42. The molecule has 0 amide bonds. The second-order valence-corrected chi connectivity index (χ2v) is 4.90. The van der Waals surface area contributed by atoms with Crippen molar-refractivity contribution in [3.05, 3.63) is 54.1 Å². The molecule has 2 heteroatoms. The lowest BCUT2D eigenvalue weighted by Crippen LogP contribution is -2.19. The molecule has 0 radical (unpaired) electrons. The van der Waals surface area contributed by atoms with Gasteiger partial charge in [-0.15, -0.1) is 0 Å². The predicted molar refractivity (Wildman–Crippen MR) is 83.9 cm³/mol. The Bertz CT molecular complexity index is 520. The first-order valence-electron chi connectivity index (χ1n) is 6.91. The van der Waals surface area contributed by atoms with Gasteiger partial charge in [-0.05, 0) is 43.2 Å². The zero-order valence-electron chi connectivity index (χ0n) is 11.8. The van der Waals surface area contributed by atoms with Gasteiger partial charge in [0.1, 0.15) is 0 Å². The van der Waals surface area contributed by atoms with Gasteiger partial charge in [-0.1, -0.05) is 37.6 Å². The molecule has 0 aliphatic rings. The van der Waals surface area contributed by atoms with Crippen LogP contribution in [0.3, 0.4) is 0 Å². The molecule has 0 unspecified atom stereocenters. The summed E-state index contributed by atoms with van der Waals surface area (Å²) in [6.45, 7) is 5.27. The van der Waals surface area contributed by atoms with E-state index in [1.165, 1.54) is 17.7 Å². The highest BCUT2D eigenvalue weighted by molar-refractivity contribution is 5.75. The van der Waals surface area contributed by atoms with Crippen LogP contribution >= 0.6 is 0 Å². The molecule has 2 aromatic carbocycles. The van der Waals surface area contributed by atoms with Crippen LogP contribution < -0.4 is 10.6 Å². The van der Waals surface area contributed by atoms with Crippen molar-refractivity contribution in [2.45, 2.75) is 26.7 Å². The van der Waals surface area contributed by atoms with Gasteiger partial charge in [0.15, 0.2) is 0 Å². The van der Waals surface area contributed by atoms with Crippen LogP contribution in [0.15, 0.2) is 48.5 Å². The van der Waals surface area contributed by atoms with Crippen molar-refractivity contribution >= 4 is 17.1 Å². The molecular weight excluding hydrogens is 232 g/mol. The van der Waals surface area contributed by atoms with E-state index in [-0.39, 0.29) is 0 Å². The Kier molecular flexibility index (Phi) is 4.45. The first-order chi connectivity index (χ1) is 9.22. The SMILES string of the molecule is CCCCN(c1ccccc1)c1ccc(C)cc1N. The highest BCUT2D eigenvalue weighted by Gasteiger charge is 2.11. The minimum absolute atomic E-state index is 0.847. The molecule has 0 fully saturated rings. The minimum atomic E-state index is 0.847. The number of rotatable bonds is 5. The summed E-state index contributed by atoms with van der Waals surface area (Å²) in [4.78, 5) is 2.30. The maximum Gasteiger partial charge on any atom is 0.0644 e. The van der Waals surface area contributed by atoms with E-state index in [0.29, 0.717) is 0 Å². The molecule has 0 saturated carbocycles. The fourth-order valence-corrected chi connectivity index (χ4v) is 2.23. The third kappa shape index (κ3) is 3.28. The van der Waals surface area contributed by atoms with Crippen molar-refractivity contribution in [1.29, 1.82) is 0 Å². The standard InChI is InChI=1S/C17H22N2/c1-3-4-12-19(15-8-6-5-7-9-15)17-11-10-14(2)13-16(17)18/h5-11,13H,3-4,12,18H2,1-2H3. The van der Waals surface area contributed by atoms with Crippen LogP contribution in [0.4, 0.5) is 17.1 Å². The largest absolute Gasteiger partial charge is 0.397 e. The monoisotopic (exact) mass is 254 g/mol. The summed E-state index contributed by atoms with van der Waals surface area (Å²) in [6.07, 6.45) is 2.33. The van der Waals surface area contributed by atoms with E-state index in [0.717, 1.165) is 24.3 Å². The average molecular weight is 254 g/mol. The Hall–Kier alpha value is -1.96. The van der Waals surface area contributed by atoms with Gasteiger partial charge in [0.05, 0.1) is 11.4 Å². The maximum atomic E-state index is 6.19. The Morgan fingerprint density at radius 1 is 1.05 bits per heavy atom. The predicted octanol–water partition coefficient (Wildman–Crippen LogP) is 4.52. The number of unbranched alkanes of at least 4 members (excludes halogenated alkanes) is 1. The van der Waals surface area contributed by atoms with Crippen molar-refractivity contribution in [3.8, 4) is 0 Å². The lowest BCUT2D eigenvalue weighted by molar-refractivity contribution is 0.786. The lowest BCUT2D eigenvalue weighted by Gasteiger charge is -2.26. The van der Waals surface area contributed by atoms with Crippen molar-refractivity contribution in [2.24, 2.45) is 0 Å². The van der Waals surface area contributed by atoms with Crippen LogP contribution in [0, 0.1) is 6.92 Å². The molecule has 0 atom stereocenters. The quantitative estimate of drug-likeness (QED) is 0.795. The third-order valence-corrected chi connectivity index (χ3v) is 3.28. The highest BCUT2D eigenvalue weighted by atomic mass is 15.1. The smallest absolute Gasteiger partial charge is 0.0644 e. The van der Waals surface area contributed by atoms with Gasteiger partial charge in [-0.3, -0.25) is 0 Å². The van der Waals surface area contributed by atoms with Crippen LogP contribution in [0.25, 0.3) is 0 Å². The molecular formula is C17H22N2. The number of nitrogens with zero attached hydrogens (tertiary/aromatic N) is 1. The number of nitrogens with two attached hydrogens (primary N) is 1. The molecule has 0 bridgehead atoms. The van der Waals surface area contributed by atoms with Crippen molar-refractivity contribution in [3.63, 3.8) is 0 Å². The van der Waals surface area contributed by atoms with E-state index >= 15 is 0 Å². The molecule has 2 N–H and O–H groups in total. The zero-order valence-corrected chi connectivity index (χ0v) is 11.8. The van der Waals surface area contributed by atoms with E-state index < -0.39 is 0 Å². The van der Waals surface area contributed by atoms with Gasteiger partial charge >= 0.3 is 0 Å². The first kappa shape index (κ1) is 13.5. The van der Waals surface area contributed by atoms with Gasteiger partial charge < -0.3 is 10.6 Å². The zero-order chi connectivity index (χ0) is 13.7. The Morgan fingerprint density at radius 2 is 1.79 bits per heavy atom. The van der Waals surface area contributed by atoms with Crippen LogP contribution in [-0.4, -0.2) is 6.54 Å². The Labute approximate surface area is 115 Å². The van der Waals surface area contributed by atoms with Crippen molar-refractivity contribution < 1.29 is 0 Å². The summed E-state index contributed by atoms with van der Waals surface area (Å²) in [5, 5.41) is 0. The van der Waals surface area contributed by atoms with E-state index in [9.17, 15) is 0 Å². The summed E-state index contributed by atoms with van der Waals surface area (Å²) >= 11 is 0. The molecule has 100 valence electrons. The second kappa shape index (κ2) is 6.28. The number of para-hydroxylation sites is 1. The molecule has 0 spiro atoms. The molecule has 2 nitrogen and oxygen atoms in total. The summed E-state index contributed by atoms with van der Waals surface area (Å²) in [6, 6.07) is 16.7. The summed E-state index contributed by atoms with van der Waals surface area (Å²) in [7, 11) is 0. The van der Waals surface area contributed by atoms with Gasteiger partial charge in [0.25, 0.3) is 0 Å². The van der Waals surface area contributed by atoms with Crippen LogP contribution in [0.1, 0.15) is 25.3 Å². The van der Waals surface area contributed by atoms with Gasteiger partial charge in [0, 0.05) is 12.2 Å². The van der Waals surface area contributed by atoms with Crippen molar-refractivity contribution in [1.82, 2.24) is 0 Å². The molecule has 0 heterocycles. The topological polar surface area (TPSA) is 29.3 Å². The van der Waals surface area contributed by atoms with E-state index in [2.05, 4.69) is 55.1 Å². The molecule has 0 aromatic heterocycles. The van der Waals surface area contributed by atoms with E-state index in [1.54, 1.807) is 0 Å². The molecule has 2 rings (SSSR count). The van der Waals surface area contributed by atoms with E-state index in [4.69, 9.17) is 5.73 Å². The molecule has 0 aliphatic carbocycles. The summed E-state index contributed by atoms with van der Waals surface area (Å²) in [5.74, 6) is 0. The number of anilines is 3. The fourth-order valence-electron chi connectivity index (χ4n) is 2.23. The maximum absolute atomic E-state index is 6.19. The number of nitrogen functional groups attached to an aromatic ring is 1. The Morgan fingerprint density at radius 3 is 2.42 bits per heavy atom. The highest BCUT2D eigenvalue weighted by Crippen LogP contribution is 2.31. The third-order valence-electron chi connectivity index (χ3n) is 3.28. The van der Waals surface area contributed by atoms with Gasteiger partial charge in [-0.25, -0.2) is 0 Å². The molecule has 0 aliphatic heterocycles. The van der Waals surface area contributed by atoms with Crippen LogP contribution in [0.5, 0.6) is 0 Å². The lowest BCUT2D eigenvalue weighted by atomic mass is 10.1. The second-order valence-electron chi connectivity index (χ2n) is 4.90. The number of benzene rings is 2. The van der Waals surface area contributed by atoms with Gasteiger partial charge in [-0.2, -0.15) is 0 Å². The van der Waals surface area contributed by atoms with Crippen LogP contribution in [0.2, 0.25) is 0 Å². The normalized spacial score (nSPS) is 10.4. The van der Waals surface area contributed by atoms with Crippen molar-refractivity contribution in [2.75, 3.05) is 17.2 Å². The minimum Gasteiger partial charge on any atom is -0.397 e. The summed E-state index contributed by atoms with van der Waals surface area (Å²) in [5.41, 5.74) is 10.5. The molecule has 2 aromatic rings. The number of hydrogen-bond acceptors (Lipinski definition) is 2. The number of hydrogen-bond donors (Lipinski definition) is 1. The summed E-state index contributed by atoms with van der Waals surface area (Å²) < 4.78 is 0. The van der Waals surface area contributed by atoms with E-state index in [1.807, 2.05) is 12.1 Å². The number of aryl methyl sites for hydroxylation is 1. The van der Waals surface area contributed by atoms with Crippen LogP contribution in [-0.2, 0) is 0 Å².